The fourth-order valence-electron chi connectivity index (χ4n) is 4.28. The Bertz CT molecular complexity index is 1000. The average molecular weight is 414 g/mol. The molecule has 0 aliphatic heterocycles. The lowest BCUT2D eigenvalue weighted by Gasteiger charge is -2.28. The highest BCUT2D eigenvalue weighted by Gasteiger charge is 2.28. The SMILES string of the molecule is CS(=O)(=O)c1cc(NC(=O)[C@H]2CC[C@H](c3ccc(C4CC4)cc3)CC2)ccc1O. The molecule has 1 amide bonds. The summed E-state index contributed by atoms with van der Waals surface area (Å²) in [7, 11) is -3.56. The first-order valence-corrected chi connectivity index (χ1v) is 12.1. The van der Waals surface area contributed by atoms with E-state index in [-0.39, 0.29) is 22.5 Å². The molecular formula is C23H27NO4S. The van der Waals surface area contributed by atoms with Gasteiger partial charge in [0.1, 0.15) is 10.6 Å². The number of phenolic OH excluding ortho intramolecular Hbond substituents is 1. The summed E-state index contributed by atoms with van der Waals surface area (Å²) in [6.45, 7) is 0. The number of carbonyl (C=O) groups excluding carboxylic acids is 1. The number of aromatic hydroxyl groups is 1. The van der Waals surface area contributed by atoms with Crippen LogP contribution in [0.3, 0.4) is 0 Å². The van der Waals surface area contributed by atoms with Crippen molar-refractivity contribution in [1.29, 1.82) is 0 Å². The molecule has 154 valence electrons. The summed E-state index contributed by atoms with van der Waals surface area (Å²) >= 11 is 0. The zero-order chi connectivity index (χ0) is 20.6. The molecular weight excluding hydrogens is 386 g/mol. The van der Waals surface area contributed by atoms with Crippen LogP contribution in [0.4, 0.5) is 5.69 Å². The highest BCUT2D eigenvalue weighted by Crippen LogP contribution is 2.41. The Morgan fingerprint density at radius 1 is 0.897 bits per heavy atom. The van der Waals surface area contributed by atoms with Crippen molar-refractivity contribution in [1.82, 2.24) is 0 Å². The maximum absolute atomic E-state index is 12.7. The largest absolute Gasteiger partial charge is 0.507 e. The van der Waals surface area contributed by atoms with Crippen molar-refractivity contribution in [3.05, 3.63) is 53.6 Å². The van der Waals surface area contributed by atoms with Crippen molar-refractivity contribution in [2.75, 3.05) is 11.6 Å². The van der Waals surface area contributed by atoms with E-state index in [1.807, 2.05) is 0 Å². The Hall–Kier alpha value is -2.34. The molecule has 4 rings (SSSR count). The Balaban J connectivity index is 1.35. The first-order valence-electron chi connectivity index (χ1n) is 10.2. The van der Waals surface area contributed by atoms with E-state index in [0.29, 0.717) is 11.6 Å². The highest BCUT2D eigenvalue weighted by atomic mass is 32.2. The second kappa shape index (κ2) is 7.82. The molecule has 2 aliphatic carbocycles. The van der Waals surface area contributed by atoms with Crippen molar-refractivity contribution >= 4 is 21.4 Å². The van der Waals surface area contributed by atoms with Gasteiger partial charge in [-0.05, 0) is 79.7 Å². The van der Waals surface area contributed by atoms with E-state index in [2.05, 4.69) is 29.6 Å². The van der Waals surface area contributed by atoms with Gasteiger partial charge in [-0.25, -0.2) is 8.42 Å². The molecule has 2 aliphatic rings. The molecule has 29 heavy (non-hydrogen) atoms. The third-order valence-corrected chi connectivity index (χ3v) is 7.31. The van der Waals surface area contributed by atoms with E-state index < -0.39 is 9.84 Å². The number of carbonyl (C=O) groups is 1. The van der Waals surface area contributed by atoms with Gasteiger partial charge >= 0.3 is 0 Å². The van der Waals surface area contributed by atoms with Gasteiger partial charge in [0.15, 0.2) is 9.84 Å². The monoisotopic (exact) mass is 413 g/mol. The van der Waals surface area contributed by atoms with Crippen LogP contribution >= 0.6 is 0 Å². The maximum atomic E-state index is 12.7. The number of anilines is 1. The summed E-state index contributed by atoms with van der Waals surface area (Å²) in [5.74, 6) is 0.799. The number of phenols is 1. The molecule has 0 radical (unpaired) electrons. The molecule has 0 bridgehead atoms. The van der Waals surface area contributed by atoms with Gasteiger partial charge in [0, 0.05) is 17.9 Å². The maximum Gasteiger partial charge on any atom is 0.227 e. The molecule has 0 atom stereocenters. The predicted molar refractivity (Wildman–Crippen MR) is 113 cm³/mol. The van der Waals surface area contributed by atoms with Crippen LogP contribution in [0.5, 0.6) is 5.75 Å². The Kier molecular flexibility index (Phi) is 5.38. The van der Waals surface area contributed by atoms with E-state index >= 15 is 0 Å². The van der Waals surface area contributed by atoms with E-state index in [4.69, 9.17) is 0 Å². The molecule has 6 heteroatoms. The van der Waals surface area contributed by atoms with Crippen molar-refractivity contribution in [2.24, 2.45) is 5.92 Å². The van der Waals surface area contributed by atoms with Crippen LogP contribution in [0.2, 0.25) is 0 Å². The highest BCUT2D eigenvalue weighted by molar-refractivity contribution is 7.90. The molecule has 2 fully saturated rings. The molecule has 0 heterocycles. The van der Waals surface area contributed by atoms with Crippen molar-refractivity contribution in [3.63, 3.8) is 0 Å². The second-order valence-electron chi connectivity index (χ2n) is 8.43. The zero-order valence-electron chi connectivity index (χ0n) is 16.6. The van der Waals surface area contributed by atoms with Gasteiger partial charge in [0.2, 0.25) is 5.91 Å². The van der Waals surface area contributed by atoms with Gasteiger partial charge in [-0.1, -0.05) is 24.3 Å². The lowest BCUT2D eigenvalue weighted by molar-refractivity contribution is -0.120. The second-order valence-corrected chi connectivity index (χ2v) is 10.4. The van der Waals surface area contributed by atoms with Crippen LogP contribution in [-0.2, 0) is 14.6 Å². The Morgan fingerprint density at radius 2 is 1.41 bits per heavy atom. The minimum atomic E-state index is -3.56. The third kappa shape index (κ3) is 4.64. The Labute approximate surface area is 172 Å². The topological polar surface area (TPSA) is 83.5 Å². The van der Waals surface area contributed by atoms with Gasteiger partial charge in [0.05, 0.1) is 0 Å². The minimum absolute atomic E-state index is 0.0764. The van der Waals surface area contributed by atoms with Gasteiger partial charge in [0.25, 0.3) is 0 Å². The van der Waals surface area contributed by atoms with Gasteiger partial charge in [-0.15, -0.1) is 0 Å². The summed E-state index contributed by atoms with van der Waals surface area (Å²) in [5.41, 5.74) is 3.21. The van der Waals surface area contributed by atoms with Crippen LogP contribution < -0.4 is 5.32 Å². The first kappa shape index (κ1) is 20.0. The molecule has 2 saturated carbocycles. The summed E-state index contributed by atoms with van der Waals surface area (Å²) in [6.07, 6.45) is 7.25. The normalized spacial score (nSPS) is 22.2. The lowest BCUT2D eigenvalue weighted by atomic mass is 9.78. The summed E-state index contributed by atoms with van der Waals surface area (Å²) in [6, 6.07) is 13.2. The molecule has 0 spiro atoms. The van der Waals surface area contributed by atoms with Crippen LogP contribution in [0.15, 0.2) is 47.4 Å². The number of nitrogens with one attached hydrogen (secondary N) is 1. The lowest BCUT2D eigenvalue weighted by Crippen LogP contribution is -2.26. The third-order valence-electron chi connectivity index (χ3n) is 6.18. The molecule has 0 unspecified atom stereocenters. The number of rotatable bonds is 5. The van der Waals surface area contributed by atoms with Crippen molar-refractivity contribution in [2.45, 2.75) is 55.3 Å². The summed E-state index contributed by atoms with van der Waals surface area (Å²) < 4.78 is 23.5. The molecule has 2 aromatic rings. The number of hydrogen-bond acceptors (Lipinski definition) is 4. The number of benzene rings is 2. The number of amides is 1. The van der Waals surface area contributed by atoms with E-state index in [1.54, 1.807) is 0 Å². The molecule has 2 N–H and O–H groups in total. The first-order chi connectivity index (χ1) is 13.8. The molecule has 0 aromatic heterocycles. The zero-order valence-corrected chi connectivity index (χ0v) is 17.4. The van der Waals surface area contributed by atoms with E-state index in [9.17, 15) is 18.3 Å². The molecule has 2 aromatic carbocycles. The van der Waals surface area contributed by atoms with Crippen molar-refractivity contribution < 1.29 is 18.3 Å². The van der Waals surface area contributed by atoms with Gasteiger partial charge in [-0.3, -0.25) is 4.79 Å². The van der Waals surface area contributed by atoms with Crippen LogP contribution in [0.1, 0.15) is 61.5 Å². The number of hydrogen-bond donors (Lipinski definition) is 2. The van der Waals surface area contributed by atoms with E-state index in [1.165, 1.54) is 42.2 Å². The van der Waals surface area contributed by atoms with Crippen LogP contribution in [-0.4, -0.2) is 25.7 Å². The van der Waals surface area contributed by atoms with Crippen molar-refractivity contribution in [3.8, 4) is 5.75 Å². The quantitative estimate of drug-likeness (QED) is 0.703. The molecule has 5 nitrogen and oxygen atoms in total. The van der Waals surface area contributed by atoms with Crippen LogP contribution in [0.25, 0.3) is 0 Å². The summed E-state index contributed by atoms with van der Waals surface area (Å²) in [4.78, 5) is 12.5. The van der Waals surface area contributed by atoms with E-state index in [0.717, 1.165) is 37.9 Å². The van der Waals surface area contributed by atoms with Gasteiger partial charge < -0.3 is 10.4 Å². The molecule has 0 saturated heterocycles. The summed E-state index contributed by atoms with van der Waals surface area (Å²) in [5, 5.41) is 12.6. The minimum Gasteiger partial charge on any atom is -0.507 e. The smallest absolute Gasteiger partial charge is 0.227 e. The fraction of sp³-hybridized carbons (Fsp3) is 0.435. The fourth-order valence-corrected chi connectivity index (χ4v) is 5.07. The van der Waals surface area contributed by atoms with Crippen LogP contribution in [0, 0.1) is 5.92 Å². The van der Waals surface area contributed by atoms with Gasteiger partial charge in [-0.2, -0.15) is 0 Å². The number of sulfone groups is 1. The average Bonchev–Trinajstić information content (AvgIpc) is 3.54. The Morgan fingerprint density at radius 3 is 1.90 bits per heavy atom. The predicted octanol–water partition coefficient (Wildman–Crippen LogP) is 4.59. The standard InChI is InChI=1S/C23H27NO4S/c1-29(27,28)22-14-20(12-13-21(22)25)24-23(26)19-10-8-18(9-11-19)17-6-4-16(5-7-17)15-2-3-15/h4-7,12-15,18-19,25H,2-3,8-11H2,1H3,(H,24,26)/t18-,19-.